The molecule has 0 fully saturated rings. The number of rotatable bonds is 5. The first kappa shape index (κ1) is 19.8. The van der Waals surface area contributed by atoms with E-state index >= 15 is 0 Å². The zero-order chi connectivity index (χ0) is 17.2. The van der Waals surface area contributed by atoms with Crippen molar-refractivity contribution in [2.24, 2.45) is 0 Å². The van der Waals surface area contributed by atoms with E-state index in [2.05, 4.69) is 31.4 Å². The second kappa shape index (κ2) is 9.71. The molecule has 0 amide bonds. The number of hydrogen-bond donors (Lipinski definition) is 3. The lowest BCUT2D eigenvalue weighted by Gasteiger charge is -2.01. The molecule has 0 bridgehead atoms. The standard InChI is InChI=1S/C9H10BrN3O2.C2HF3O2/c10-5-1-2-6-11-8-4-3-7(9(14)15)12-13-8;3-2(4,5)1(6)7/h1,3-5H,2,6H2,(H,11,13)(H,14,15);(H,6,7)/b5-1+;. The Morgan fingerprint density at radius 2 is 1.86 bits per heavy atom. The Kier molecular flexibility index (Phi) is 8.75. The Balaban J connectivity index is 0.000000534. The van der Waals surface area contributed by atoms with E-state index in [9.17, 15) is 18.0 Å². The van der Waals surface area contributed by atoms with Gasteiger partial charge in [-0.15, -0.1) is 10.2 Å². The van der Waals surface area contributed by atoms with E-state index in [1.165, 1.54) is 6.07 Å². The molecule has 3 N–H and O–H groups in total. The van der Waals surface area contributed by atoms with E-state index in [4.69, 9.17) is 15.0 Å². The van der Waals surface area contributed by atoms with E-state index < -0.39 is 18.1 Å². The summed E-state index contributed by atoms with van der Waals surface area (Å²) in [6.45, 7) is 0.725. The monoisotopic (exact) mass is 385 g/mol. The molecule has 1 heterocycles. The fourth-order valence-electron chi connectivity index (χ4n) is 0.887. The largest absolute Gasteiger partial charge is 0.490 e. The maximum absolute atomic E-state index is 10.6. The molecule has 0 saturated heterocycles. The van der Waals surface area contributed by atoms with Gasteiger partial charge in [-0.05, 0) is 23.5 Å². The fourth-order valence-corrected chi connectivity index (χ4v) is 1.15. The van der Waals surface area contributed by atoms with E-state index in [0.717, 1.165) is 13.0 Å². The topological polar surface area (TPSA) is 112 Å². The van der Waals surface area contributed by atoms with Gasteiger partial charge in [0.25, 0.3) is 0 Å². The van der Waals surface area contributed by atoms with Crippen LogP contribution in [0.4, 0.5) is 19.0 Å². The van der Waals surface area contributed by atoms with Gasteiger partial charge in [-0.1, -0.05) is 22.0 Å². The van der Waals surface area contributed by atoms with E-state index in [0.29, 0.717) is 5.82 Å². The van der Waals surface area contributed by atoms with Crippen molar-refractivity contribution in [3.05, 3.63) is 28.9 Å². The Bertz CT molecular complexity index is 520. The summed E-state index contributed by atoms with van der Waals surface area (Å²) in [4.78, 5) is 21.2. The van der Waals surface area contributed by atoms with Crippen molar-refractivity contribution < 1.29 is 33.0 Å². The van der Waals surface area contributed by atoms with Gasteiger partial charge in [-0.25, -0.2) is 9.59 Å². The number of halogens is 4. The van der Waals surface area contributed by atoms with Crippen molar-refractivity contribution >= 4 is 33.7 Å². The summed E-state index contributed by atoms with van der Waals surface area (Å²) < 4.78 is 31.7. The first-order valence-electron chi connectivity index (χ1n) is 5.54. The van der Waals surface area contributed by atoms with Crippen molar-refractivity contribution in [1.82, 2.24) is 10.2 Å². The highest BCUT2D eigenvalue weighted by Gasteiger charge is 2.38. The minimum absolute atomic E-state index is 0.0547. The molecule has 11 heteroatoms. The van der Waals surface area contributed by atoms with Gasteiger partial charge in [0, 0.05) is 6.54 Å². The SMILES string of the molecule is O=C(O)C(F)(F)F.O=C(O)c1ccc(NCC/C=C/Br)nn1. The first-order chi connectivity index (χ1) is 10.2. The van der Waals surface area contributed by atoms with Crippen molar-refractivity contribution in [1.29, 1.82) is 0 Å². The molecule has 0 spiro atoms. The summed E-state index contributed by atoms with van der Waals surface area (Å²) in [5.41, 5.74) is -0.0547. The van der Waals surface area contributed by atoms with Crippen molar-refractivity contribution in [3.8, 4) is 0 Å². The number of aromatic nitrogens is 2. The number of carboxylic acid groups (broad SMARTS) is 2. The summed E-state index contributed by atoms with van der Waals surface area (Å²) in [6, 6.07) is 3.01. The van der Waals surface area contributed by atoms with Crippen LogP contribution in [0, 0.1) is 0 Å². The average Bonchev–Trinajstić information content (AvgIpc) is 2.44. The number of hydrogen-bond acceptors (Lipinski definition) is 5. The third kappa shape index (κ3) is 8.89. The molecule has 0 aliphatic rings. The zero-order valence-corrected chi connectivity index (χ0v) is 12.4. The van der Waals surface area contributed by atoms with Crippen LogP contribution in [0.2, 0.25) is 0 Å². The predicted octanol–water partition coefficient (Wildman–Crippen LogP) is 2.52. The lowest BCUT2D eigenvalue weighted by Crippen LogP contribution is -2.21. The van der Waals surface area contributed by atoms with Crippen LogP contribution in [0.15, 0.2) is 23.2 Å². The molecular weight excluding hydrogens is 375 g/mol. The lowest BCUT2D eigenvalue weighted by atomic mass is 10.4. The number of anilines is 1. The van der Waals surface area contributed by atoms with Crippen molar-refractivity contribution in [3.63, 3.8) is 0 Å². The highest BCUT2D eigenvalue weighted by molar-refractivity contribution is 9.11. The molecule has 0 aliphatic heterocycles. The Morgan fingerprint density at radius 3 is 2.23 bits per heavy atom. The number of nitrogens with one attached hydrogen (secondary N) is 1. The van der Waals surface area contributed by atoms with Crippen molar-refractivity contribution in [2.75, 3.05) is 11.9 Å². The molecular formula is C11H11BrF3N3O4. The fraction of sp³-hybridized carbons (Fsp3) is 0.273. The second-order valence-corrected chi connectivity index (χ2v) is 4.02. The molecule has 1 aromatic heterocycles. The lowest BCUT2D eigenvalue weighted by molar-refractivity contribution is -0.192. The number of nitrogens with zero attached hydrogens (tertiary/aromatic N) is 2. The smallest absolute Gasteiger partial charge is 0.476 e. The van der Waals surface area contributed by atoms with E-state index in [1.807, 2.05) is 6.08 Å². The van der Waals surface area contributed by atoms with Gasteiger partial charge in [0.15, 0.2) is 5.69 Å². The van der Waals surface area contributed by atoms with Crippen LogP contribution in [0.25, 0.3) is 0 Å². The van der Waals surface area contributed by atoms with Crippen LogP contribution < -0.4 is 5.32 Å². The Morgan fingerprint density at radius 1 is 1.27 bits per heavy atom. The van der Waals surface area contributed by atoms with Crippen LogP contribution in [-0.2, 0) is 4.79 Å². The molecule has 1 rings (SSSR count). The molecule has 0 radical (unpaired) electrons. The van der Waals surface area contributed by atoms with Gasteiger partial charge in [0.05, 0.1) is 0 Å². The van der Waals surface area contributed by atoms with Crippen LogP contribution in [0.5, 0.6) is 0 Å². The minimum Gasteiger partial charge on any atom is -0.476 e. The molecule has 22 heavy (non-hydrogen) atoms. The zero-order valence-electron chi connectivity index (χ0n) is 10.8. The Hall–Kier alpha value is -2.17. The van der Waals surface area contributed by atoms with Gasteiger partial charge in [-0.3, -0.25) is 0 Å². The molecule has 0 saturated carbocycles. The molecule has 7 nitrogen and oxygen atoms in total. The highest BCUT2D eigenvalue weighted by Crippen LogP contribution is 2.13. The highest BCUT2D eigenvalue weighted by atomic mass is 79.9. The maximum Gasteiger partial charge on any atom is 0.490 e. The summed E-state index contributed by atoms with van der Waals surface area (Å²) in [6.07, 6.45) is -2.28. The third-order valence-electron chi connectivity index (χ3n) is 1.83. The number of carbonyl (C=O) groups is 2. The molecule has 0 atom stereocenters. The van der Waals surface area contributed by atoms with E-state index in [1.54, 1.807) is 11.1 Å². The number of alkyl halides is 3. The third-order valence-corrected chi connectivity index (χ3v) is 2.21. The molecule has 0 aliphatic carbocycles. The van der Waals surface area contributed by atoms with Gasteiger partial charge in [-0.2, -0.15) is 13.2 Å². The summed E-state index contributed by atoms with van der Waals surface area (Å²) in [5.74, 6) is -3.26. The maximum atomic E-state index is 10.6. The number of carboxylic acids is 2. The first-order valence-corrected chi connectivity index (χ1v) is 6.46. The normalized spacial score (nSPS) is 10.7. The molecule has 0 unspecified atom stereocenters. The second-order valence-electron chi connectivity index (χ2n) is 3.49. The average molecular weight is 386 g/mol. The van der Waals surface area contributed by atoms with Gasteiger partial charge in [0.2, 0.25) is 0 Å². The van der Waals surface area contributed by atoms with Crippen LogP contribution in [-0.4, -0.2) is 45.1 Å². The Labute approximate surface area is 131 Å². The minimum atomic E-state index is -5.08. The van der Waals surface area contributed by atoms with Gasteiger partial charge < -0.3 is 15.5 Å². The van der Waals surface area contributed by atoms with Crippen molar-refractivity contribution in [2.45, 2.75) is 12.6 Å². The summed E-state index contributed by atoms with van der Waals surface area (Å²) >= 11 is 3.16. The van der Waals surface area contributed by atoms with E-state index in [-0.39, 0.29) is 5.69 Å². The summed E-state index contributed by atoms with van der Waals surface area (Å²) in [7, 11) is 0. The number of aromatic carboxylic acids is 1. The van der Waals surface area contributed by atoms with Crippen LogP contribution in [0.3, 0.4) is 0 Å². The molecule has 0 aromatic carbocycles. The number of aliphatic carboxylic acids is 1. The van der Waals surface area contributed by atoms with Gasteiger partial charge in [0.1, 0.15) is 5.82 Å². The van der Waals surface area contributed by atoms with Crippen LogP contribution >= 0.6 is 15.9 Å². The molecule has 122 valence electrons. The quantitative estimate of drug-likeness (QED) is 0.667. The molecule has 1 aromatic rings. The predicted molar refractivity (Wildman–Crippen MR) is 73.9 cm³/mol. The van der Waals surface area contributed by atoms with Gasteiger partial charge >= 0.3 is 18.1 Å². The van der Waals surface area contributed by atoms with Crippen LogP contribution in [0.1, 0.15) is 16.9 Å². The summed E-state index contributed by atoms with van der Waals surface area (Å²) in [5, 5.41) is 26.0.